The minimum Gasteiger partial charge on any atom is -0.497 e. The van der Waals surface area contributed by atoms with Crippen LogP contribution in [0.2, 0.25) is 0 Å². The van der Waals surface area contributed by atoms with E-state index >= 15 is 0 Å². The molecule has 0 aromatic heterocycles. The Balaban J connectivity index is 1.84. The number of carbonyl (C=O) groups is 1. The van der Waals surface area contributed by atoms with Gasteiger partial charge in [0.05, 0.1) is 7.11 Å². The molecule has 3 aromatic rings. The minimum atomic E-state index is -1.76. The molecule has 3 aromatic carbocycles. The predicted octanol–water partition coefficient (Wildman–Crippen LogP) is 5.39. The Bertz CT molecular complexity index is 935. The van der Waals surface area contributed by atoms with Crippen LogP contribution in [0, 0.1) is 0 Å². The van der Waals surface area contributed by atoms with Crippen molar-refractivity contribution in [2.75, 3.05) is 12.4 Å². The number of hydrogen-bond acceptors (Lipinski definition) is 3. The second kappa shape index (κ2) is 8.26. The van der Waals surface area contributed by atoms with E-state index in [0.717, 1.165) is 16.5 Å². The van der Waals surface area contributed by atoms with Crippen molar-refractivity contribution in [3.8, 4) is 5.75 Å². The molecular formula is C20H17Cl3N2O2. The standard InChI is InChI=1S/C20H17Cl3N2O2/c1-27-15-11-9-14(10-12-15)18(26)25-19(20(21,22)23)24-17-8-4-6-13-5-2-3-7-16(13)17/h2-12,19,24H,1H3,(H,25,26)/t19-/m1/s1. The van der Waals surface area contributed by atoms with Crippen molar-refractivity contribution < 1.29 is 9.53 Å². The van der Waals surface area contributed by atoms with E-state index in [4.69, 9.17) is 39.5 Å². The molecule has 2 N–H and O–H groups in total. The first-order chi connectivity index (χ1) is 12.9. The third-order valence-corrected chi connectivity index (χ3v) is 4.70. The zero-order chi connectivity index (χ0) is 19.4. The van der Waals surface area contributed by atoms with E-state index in [9.17, 15) is 4.79 Å². The Morgan fingerprint density at radius 2 is 1.63 bits per heavy atom. The summed E-state index contributed by atoms with van der Waals surface area (Å²) in [6.45, 7) is 0. The van der Waals surface area contributed by atoms with Crippen molar-refractivity contribution in [2.24, 2.45) is 0 Å². The number of hydrogen-bond donors (Lipinski definition) is 2. The highest BCUT2D eigenvalue weighted by Gasteiger charge is 2.34. The van der Waals surface area contributed by atoms with Crippen molar-refractivity contribution in [1.29, 1.82) is 0 Å². The number of halogens is 3. The van der Waals surface area contributed by atoms with Gasteiger partial charge in [-0.2, -0.15) is 0 Å². The lowest BCUT2D eigenvalue weighted by Crippen LogP contribution is -2.49. The molecule has 0 spiro atoms. The SMILES string of the molecule is COc1ccc(C(=O)N[C@@H](Nc2cccc3ccccc23)C(Cl)(Cl)Cl)cc1. The summed E-state index contributed by atoms with van der Waals surface area (Å²) in [6.07, 6.45) is -0.942. The number of benzene rings is 3. The van der Waals surface area contributed by atoms with Crippen molar-refractivity contribution in [2.45, 2.75) is 9.96 Å². The number of nitrogens with one attached hydrogen (secondary N) is 2. The summed E-state index contributed by atoms with van der Waals surface area (Å²) in [7, 11) is 1.56. The minimum absolute atomic E-state index is 0.373. The average molecular weight is 424 g/mol. The summed E-state index contributed by atoms with van der Waals surface area (Å²) in [4.78, 5) is 12.6. The predicted molar refractivity (Wildman–Crippen MR) is 112 cm³/mol. The van der Waals surface area contributed by atoms with Crippen LogP contribution >= 0.6 is 34.8 Å². The molecule has 0 bridgehead atoms. The summed E-state index contributed by atoms with van der Waals surface area (Å²) >= 11 is 18.3. The molecular weight excluding hydrogens is 407 g/mol. The lowest BCUT2D eigenvalue weighted by atomic mass is 10.1. The zero-order valence-electron chi connectivity index (χ0n) is 14.4. The first kappa shape index (κ1) is 19.6. The van der Waals surface area contributed by atoms with Gasteiger partial charge >= 0.3 is 0 Å². The van der Waals surface area contributed by atoms with Crippen molar-refractivity contribution in [3.05, 3.63) is 72.3 Å². The van der Waals surface area contributed by atoms with E-state index in [1.165, 1.54) is 0 Å². The summed E-state index contributed by atoms with van der Waals surface area (Å²) in [6, 6.07) is 20.2. The van der Waals surface area contributed by atoms with Crippen molar-refractivity contribution in [1.82, 2.24) is 5.32 Å². The maximum absolute atomic E-state index is 12.6. The summed E-state index contributed by atoms with van der Waals surface area (Å²) < 4.78 is 3.33. The number of anilines is 1. The molecule has 0 aliphatic rings. The lowest BCUT2D eigenvalue weighted by molar-refractivity contribution is 0.0942. The molecule has 7 heteroatoms. The van der Waals surface area contributed by atoms with E-state index in [1.54, 1.807) is 31.4 Å². The quantitative estimate of drug-likeness (QED) is 0.427. The van der Waals surface area contributed by atoms with E-state index in [0.29, 0.717) is 11.3 Å². The molecule has 3 rings (SSSR count). The molecule has 140 valence electrons. The Morgan fingerprint density at radius 1 is 0.963 bits per heavy atom. The molecule has 1 atom stereocenters. The van der Waals surface area contributed by atoms with Crippen LogP contribution in [0.3, 0.4) is 0 Å². The maximum Gasteiger partial charge on any atom is 0.252 e. The average Bonchev–Trinajstić information content (AvgIpc) is 2.67. The third kappa shape index (κ3) is 4.78. The highest BCUT2D eigenvalue weighted by Crippen LogP contribution is 2.33. The van der Waals surface area contributed by atoms with Crippen molar-refractivity contribution >= 4 is 57.2 Å². The topological polar surface area (TPSA) is 50.4 Å². The van der Waals surface area contributed by atoms with Gasteiger partial charge in [0.1, 0.15) is 11.9 Å². The van der Waals surface area contributed by atoms with E-state index in [-0.39, 0.29) is 5.91 Å². The van der Waals surface area contributed by atoms with E-state index in [1.807, 2.05) is 42.5 Å². The molecule has 0 aliphatic carbocycles. The fraction of sp³-hybridized carbons (Fsp3) is 0.150. The molecule has 0 heterocycles. The largest absolute Gasteiger partial charge is 0.497 e. The van der Waals surface area contributed by atoms with Gasteiger partial charge in [0.15, 0.2) is 0 Å². The van der Waals surface area contributed by atoms with Crippen LogP contribution in [-0.2, 0) is 0 Å². The maximum atomic E-state index is 12.6. The molecule has 0 saturated carbocycles. The lowest BCUT2D eigenvalue weighted by Gasteiger charge is -2.28. The Hall–Kier alpha value is -2.14. The molecule has 27 heavy (non-hydrogen) atoms. The van der Waals surface area contributed by atoms with Gasteiger partial charge < -0.3 is 15.4 Å². The second-order valence-electron chi connectivity index (χ2n) is 5.85. The highest BCUT2D eigenvalue weighted by molar-refractivity contribution is 6.68. The first-order valence-corrected chi connectivity index (χ1v) is 9.28. The number of amides is 1. The monoisotopic (exact) mass is 422 g/mol. The van der Waals surface area contributed by atoms with Gasteiger partial charge in [-0.25, -0.2) is 0 Å². The van der Waals surface area contributed by atoms with Crippen LogP contribution in [0.25, 0.3) is 10.8 Å². The van der Waals surface area contributed by atoms with Crippen molar-refractivity contribution in [3.63, 3.8) is 0 Å². The molecule has 4 nitrogen and oxygen atoms in total. The summed E-state index contributed by atoms with van der Waals surface area (Å²) in [5.74, 6) is 0.278. The van der Waals surface area contributed by atoms with E-state index < -0.39 is 9.96 Å². The number of fused-ring (bicyclic) bond motifs is 1. The van der Waals surface area contributed by atoms with Gasteiger partial charge in [-0.15, -0.1) is 0 Å². The molecule has 1 amide bonds. The molecule has 0 aliphatic heterocycles. The van der Waals surface area contributed by atoms with Crippen LogP contribution in [0.4, 0.5) is 5.69 Å². The van der Waals surface area contributed by atoms with E-state index in [2.05, 4.69) is 10.6 Å². The molecule has 0 saturated heterocycles. The molecule has 0 unspecified atom stereocenters. The van der Waals surface area contributed by atoms with Gasteiger partial charge in [-0.3, -0.25) is 4.79 Å². The number of methoxy groups -OCH3 is 1. The summed E-state index contributed by atoms with van der Waals surface area (Å²) in [5, 5.41) is 7.86. The van der Waals surface area contributed by atoms with Crippen LogP contribution < -0.4 is 15.4 Å². The second-order valence-corrected chi connectivity index (χ2v) is 8.22. The third-order valence-electron chi connectivity index (χ3n) is 4.04. The normalized spacial score (nSPS) is 12.4. The highest BCUT2D eigenvalue weighted by atomic mass is 35.6. The molecule has 0 fully saturated rings. The number of rotatable bonds is 5. The van der Waals surface area contributed by atoms with Crippen LogP contribution in [0.1, 0.15) is 10.4 Å². The summed E-state index contributed by atoms with van der Waals surface area (Å²) in [5.41, 5.74) is 1.18. The number of alkyl halides is 3. The van der Waals surface area contributed by atoms with Gasteiger partial charge in [0, 0.05) is 16.6 Å². The van der Waals surface area contributed by atoms with Crippen LogP contribution in [0.15, 0.2) is 66.7 Å². The van der Waals surface area contributed by atoms with Gasteiger partial charge in [-0.05, 0) is 35.7 Å². The van der Waals surface area contributed by atoms with Gasteiger partial charge in [-0.1, -0.05) is 71.2 Å². The fourth-order valence-electron chi connectivity index (χ4n) is 2.66. The zero-order valence-corrected chi connectivity index (χ0v) is 16.6. The molecule has 0 radical (unpaired) electrons. The Labute approximate surface area is 172 Å². The first-order valence-electron chi connectivity index (χ1n) is 8.14. The van der Waals surface area contributed by atoms with Crippen LogP contribution in [-0.4, -0.2) is 23.0 Å². The van der Waals surface area contributed by atoms with Crippen LogP contribution in [0.5, 0.6) is 5.75 Å². The van der Waals surface area contributed by atoms with Gasteiger partial charge in [0.25, 0.3) is 5.91 Å². The Morgan fingerprint density at radius 3 is 2.30 bits per heavy atom. The smallest absolute Gasteiger partial charge is 0.252 e. The van der Waals surface area contributed by atoms with Gasteiger partial charge in [0.2, 0.25) is 3.79 Å². The number of carbonyl (C=O) groups excluding carboxylic acids is 1. The fourth-order valence-corrected chi connectivity index (χ4v) is 2.99. The Kier molecular flexibility index (Phi) is 6.00. The number of ether oxygens (including phenoxy) is 1.